The number of benzene rings is 1. The third kappa shape index (κ3) is 2.05. The zero-order valence-electron chi connectivity index (χ0n) is 9.02. The van der Waals surface area contributed by atoms with Crippen LogP contribution in [-0.2, 0) is 9.84 Å². The van der Waals surface area contributed by atoms with E-state index < -0.39 is 15.2 Å². The van der Waals surface area contributed by atoms with Crippen molar-refractivity contribution in [2.45, 2.75) is 29.5 Å². The first-order valence-electron chi connectivity index (χ1n) is 5.44. The van der Waals surface area contributed by atoms with Crippen molar-refractivity contribution in [2.75, 3.05) is 12.3 Å². The van der Waals surface area contributed by atoms with Gasteiger partial charge < -0.3 is 11.1 Å². The van der Waals surface area contributed by atoms with E-state index in [9.17, 15) is 8.42 Å². The Hall–Kier alpha value is -1.07. The normalized spacial score (nSPS) is 21.9. The molecule has 1 atom stereocenters. The molecule has 2 rings (SSSR count). The average molecular weight is 240 g/mol. The van der Waals surface area contributed by atoms with Crippen LogP contribution in [0.15, 0.2) is 29.2 Å². The molecule has 4 nitrogen and oxygen atoms in total. The molecule has 1 aliphatic heterocycles. The molecule has 1 aromatic rings. The maximum Gasteiger partial charge on any atom is 0.196 e. The maximum absolute atomic E-state index is 12.3. The predicted molar refractivity (Wildman–Crippen MR) is 63.7 cm³/mol. The fourth-order valence-corrected chi connectivity index (χ4v) is 3.76. The van der Waals surface area contributed by atoms with Crippen LogP contribution in [0.2, 0.25) is 0 Å². The fraction of sp³-hybridized carbons (Fsp3) is 0.455. The van der Waals surface area contributed by atoms with Gasteiger partial charge in [-0.05, 0) is 37.9 Å². The Morgan fingerprint density at radius 1 is 1.25 bits per heavy atom. The standard InChI is InChI=1S/C11H16N2O2S/c12-9-5-1-2-6-10(9)16(14,15)11-7-3-4-8-13-11/h1-2,5-6,11,13H,3-4,7-8,12H2. The number of nitrogens with one attached hydrogen (secondary N) is 1. The molecular formula is C11H16N2O2S. The second kappa shape index (κ2) is 4.43. The van der Waals surface area contributed by atoms with Gasteiger partial charge in [0.1, 0.15) is 5.37 Å². The lowest BCUT2D eigenvalue weighted by Gasteiger charge is -2.23. The Bertz CT molecular complexity index is 465. The van der Waals surface area contributed by atoms with E-state index >= 15 is 0 Å². The largest absolute Gasteiger partial charge is 0.398 e. The molecule has 0 aliphatic carbocycles. The van der Waals surface area contributed by atoms with Gasteiger partial charge in [0.25, 0.3) is 0 Å². The molecule has 1 saturated heterocycles. The van der Waals surface area contributed by atoms with Crippen LogP contribution >= 0.6 is 0 Å². The van der Waals surface area contributed by atoms with Gasteiger partial charge in [0, 0.05) is 0 Å². The zero-order valence-corrected chi connectivity index (χ0v) is 9.83. The van der Waals surface area contributed by atoms with Crippen LogP contribution < -0.4 is 11.1 Å². The molecule has 5 heteroatoms. The SMILES string of the molecule is Nc1ccccc1S(=O)(=O)C1CCCCN1. The second-order valence-corrected chi connectivity index (χ2v) is 6.12. The van der Waals surface area contributed by atoms with E-state index in [1.165, 1.54) is 0 Å². The lowest BCUT2D eigenvalue weighted by atomic mass is 10.2. The minimum atomic E-state index is -3.33. The quantitative estimate of drug-likeness (QED) is 0.760. The number of hydrogen-bond donors (Lipinski definition) is 2. The topological polar surface area (TPSA) is 72.2 Å². The smallest absolute Gasteiger partial charge is 0.196 e. The van der Waals surface area contributed by atoms with Gasteiger partial charge in [0.15, 0.2) is 9.84 Å². The van der Waals surface area contributed by atoms with Crippen LogP contribution in [0.3, 0.4) is 0 Å². The molecule has 0 amide bonds. The predicted octanol–water partition coefficient (Wildman–Crippen LogP) is 1.14. The number of hydrogen-bond acceptors (Lipinski definition) is 4. The van der Waals surface area contributed by atoms with Crippen molar-refractivity contribution in [1.82, 2.24) is 5.32 Å². The summed E-state index contributed by atoms with van der Waals surface area (Å²) in [5.74, 6) is 0. The van der Waals surface area contributed by atoms with Gasteiger partial charge in [0.2, 0.25) is 0 Å². The van der Waals surface area contributed by atoms with Crippen LogP contribution in [0.1, 0.15) is 19.3 Å². The van der Waals surface area contributed by atoms with E-state index in [2.05, 4.69) is 5.32 Å². The Morgan fingerprint density at radius 3 is 2.62 bits per heavy atom. The lowest BCUT2D eigenvalue weighted by molar-refractivity contribution is 0.461. The van der Waals surface area contributed by atoms with E-state index in [4.69, 9.17) is 5.73 Å². The molecule has 1 heterocycles. The van der Waals surface area contributed by atoms with E-state index in [0.717, 1.165) is 19.4 Å². The number of rotatable bonds is 2. The van der Waals surface area contributed by atoms with Crippen LogP contribution in [0.25, 0.3) is 0 Å². The van der Waals surface area contributed by atoms with Gasteiger partial charge in [-0.2, -0.15) is 0 Å². The van der Waals surface area contributed by atoms with Crippen LogP contribution in [0, 0.1) is 0 Å². The van der Waals surface area contributed by atoms with Gasteiger partial charge in [-0.3, -0.25) is 0 Å². The summed E-state index contributed by atoms with van der Waals surface area (Å²) in [4.78, 5) is 0.245. The van der Waals surface area contributed by atoms with E-state index in [-0.39, 0.29) is 4.90 Å². The molecule has 1 fully saturated rings. The zero-order chi connectivity index (χ0) is 11.6. The van der Waals surface area contributed by atoms with Crippen molar-refractivity contribution in [3.63, 3.8) is 0 Å². The first-order chi connectivity index (χ1) is 7.62. The maximum atomic E-state index is 12.3. The van der Waals surface area contributed by atoms with Gasteiger partial charge >= 0.3 is 0 Å². The number of nitrogens with two attached hydrogens (primary N) is 1. The molecule has 0 radical (unpaired) electrons. The van der Waals surface area contributed by atoms with Crippen molar-refractivity contribution in [1.29, 1.82) is 0 Å². The highest BCUT2D eigenvalue weighted by atomic mass is 32.2. The van der Waals surface area contributed by atoms with Crippen molar-refractivity contribution in [3.05, 3.63) is 24.3 Å². The highest BCUT2D eigenvalue weighted by molar-refractivity contribution is 7.92. The molecule has 0 spiro atoms. The number of anilines is 1. The molecule has 88 valence electrons. The van der Waals surface area contributed by atoms with Crippen molar-refractivity contribution in [2.24, 2.45) is 0 Å². The van der Waals surface area contributed by atoms with E-state index in [0.29, 0.717) is 12.1 Å². The molecule has 1 unspecified atom stereocenters. The first kappa shape index (κ1) is 11.4. The molecular weight excluding hydrogens is 224 g/mol. The Kier molecular flexibility index (Phi) is 3.16. The molecule has 16 heavy (non-hydrogen) atoms. The summed E-state index contributed by atoms with van der Waals surface area (Å²) in [5.41, 5.74) is 6.03. The fourth-order valence-electron chi connectivity index (χ4n) is 1.98. The molecule has 0 saturated carbocycles. The Morgan fingerprint density at radius 2 is 2.00 bits per heavy atom. The van der Waals surface area contributed by atoms with Gasteiger partial charge in [-0.15, -0.1) is 0 Å². The molecule has 0 bridgehead atoms. The van der Waals surface area contributed by atoms with Crippen LogP contribution in [-0.4, -0.2) is 20.3 Å². The number of nitrogen functional groups attached to an aromatic ring is 1. The van der Waals surface area contributed by atoms with Gasteiger partial charge in [-0.1, -0.05) is 12.1 Å². The molecule has 1 aromatic carbocycles. The van der Waals surface area contributed by atoms with Crippen molar-refractivity contribution >= 4 is 15.5 Å². The number of para-hydroxylation sites is 1. The summed E-state index contributed by atoms with van der Waals surface area (Å²) in [6, 6.07) is 6.63. The third-order valence-electron chi connectivity index (χ3n) is 2.87. The van der Waals surface area contributed by atoms with E-state index in [1.807, 2.05) is 0 Å². The second-order valence-electron chi connectivity index (χ2n) is 4.02. The summed E-state index contributed by atoms with van der Waals surface area (Å²) >= 11 is 0. The summed E-state index contributed by atoms with van der Waals surface area (Å²) in [6.45, 7) is 0.761. The molecule has 1 aliphatic rings. The van der Waals surface area contributed by atoms with E-state index in [1.54, 1.807) is 24.3 Å². The molecule has 3 N–H and O–H groups in total. The first-order valence-corrected chi connectivity index (χ1v) is 6.99. The number of sulfone groups is 1. The summed E-state index contributed by atoms with van der Waals surface area (Å²) < 4.78 is 24.5. The van der Waals surface area contributed by atoms with Crippen molar-refractivity contribution in [3.8, 4) is 0 Å². The highest BCUT2D eigenvalue weighted by Crippen LogP contribution is 2.25. The van der Waals surface area contributed by atoms with Gasteiger partial charge in [-0.25, -0.2) is 8.42 Å². The summed E-state index contributed by atoms with van der Waals surface area (Å²) in [5, 5.41) is 2.56. The Labute approximate surface area is 95.8 Å². The Balaban J connectivity index is 2.35. The average Bonchev–Trinajstić information content (AvgIpc) is 2.30. The summed E-state index contributed by atoms with van der Waals surface area (Å²) in [7, 11) is -3.33. The van der Waals surface area contributed by atoms with Crippen LogP contribution in [0.4, 0.5) is 5.69 Å². The minimum Gasteiger partial charge on any atom is -0.398 e. The monoisotopic (exact) mass is 240 g/mol. The van der Waals surface area contributed by atoms with Crippen LogP contribution in [0.5, 0.6) is 0 Å². The molecule has 0 aromatic heterocycles. The summed E-state index contributed by atoms with van der Waals surface area (Å²) in [6.07, 6.45) is 2.65. The van der Waals surface area contributed by atoms with Crippen molar-refractivity contribution < 1.29 is 8.42 Å². The van der Waals surface area contributed by atoms with Gasteiger partial charge in [0.05, 0.1) is 10.6 Å². The highest BCUT2D eigenvalue weighted by Gasteiger charge is 2.29. The minimum absolute atomic E-state index is 0.245. The number of piperidine rings is 1. The third-order valence-corrected chi connectivity index (χ3v) is 5.00. The lowest BCUT2D eigenvalue weighted by Crippen LogP contribution is -2.40.